The number of ether oxygens (including phenoxy) is 2. The minimum atomic E-state index is -1.53. The molecule has 2 aliphatic carbocycles. The maximum Gasteiger partial charge on any atom is 0.327 e. The van der Waals surface area contributed by atoms with Crippen LogP contribution < -0.4 is 0 Å². The molecule has 1 aromatic rings. The van der Waals surface area contributed by atoms with Gasteiger partial charge in [-0.05, 0) is 43.7 Å². The molecule has 6 heteroatoms. The van der Waals surface area contributed by atoms with E-state index >= 15 is 0 Å². The van der Waals surface area contributed by atoms with E-state index in [1.807, 2.05) is 22.9 Å². The third-order valence-electron chi connectivity index (χ3n) is 5.51. The Labute approximate surface area is 147 Å². The first-order valence-electron chi connectivity index (χ1n) is 8.93. The number of hydrogen-bond acceptors (Lipinski definition) is 5. The highest BCUT2D eigenvalue weighted by Crippen LogP contribution is 2.46. The van der Waals surface area contributed by atoms with Gasteiger partial charge in [-0.25, -0.2) is 0 Å². The Kier molecular flexibility index (Phi) is 4.97. The Balaban J connectivity index is 2.04. The fraction of sp³-hybridized carbons (Fsp3) is 0.632. The molecule has 0 atom stereocenters. The van der Waals surface area contributed by atoms with E-state index in [0.717, 1.165) is 37.8 Å². The number of methoxy groups -OCH3 is 2. The summed E-state index contributed by atoms with van der Waals surface area (Å²) in [4.78, 5) is 37.9. The third-order valence-corrected chi connectivity index (χ3v) is 5.51. The molecule has 0 unspecified atom stereocenters. The molecule has 0 saturated heterocycles. The minimum Gasteiger partial charge on any atom is -0.468 e. The maximum absolute atomic E-state index is 13.5. The Morgan fingerprint density at radius 1 is 1.08 bits per heavy atom. The lowest BCUT2D eigenvalue weighted by Crippen LogP contribution is -2.51. The number of esters is 2. The van der Waals surface area contributed by atoms with Crippen molar-refractivity contribution < 1.29 is 23.9 Å². The Morgan fingerprint density at radius 3 is 2.20 bits per heavy atom. The van der Waals surface area contributed by atoms with Crippen LogP contribution in [0.3, 0.4) is 0 Å². The number of ketones is 1. The van der Waals surface area contributed by atoms with Crippen molar-refractivity contribution in [1.29, 1.82) is 0 Å². The van der Waals surface area contributed by atoms with Gasteiger partial charge in [0.2, 0.25) is 5.92 Å². The zero-order chi connectivity index (χ0) is 18.0. The summed E-state index contributed by atoms with van der Waals surface area (Å²) in [5, 5.41) is 0. The quantitative estimate of drug-likeness (QED) is 0.584. The van der Waals surface area contributed by atoms with Gasteiger partial charge >= 0.3 is 11.9 Å². The Bertz CT molecular complexity index is 651. The maximum atomic E-state index is 13.5. The molecule has 0 spiro atoms. The lowest BCUT2D eigenvalue weighted by molar-refractivity contribution is -0.164. The van der Waals surface area contributed by atoms with E-state index in [2.05, 4.69) is 0 Å². The van der Waals surface area contributed by atoms with E-state index in [4.69, 9.17) is 9.47 Å². The predicted molar refractivity (Wildman–Crippen MR) is 90.0 cm³/mol. The van der Waals surface area contributed by atoms with Gasteiger partial charge in [-0.15, -0.1) is 0 Å². The average Bonchev–Trinajstić information content (AvgIpc) is 3.38. The van der Waals surface area contributed by atoms with Crippen molar-refractivity contribution in [2.45, 2.75) is 56.4 Å². The molecular formula is C19H25NO5. The van der Waals surface area contributed by atoms with Gasteiger partial charge in [0.25, 0.3) is 0 Å². The fourth-order valence-electron chi connectivity index (χ4n) is 4.05. The number of hydrogen-bond donors (Lipinski definition) is 0. The van der Waals surface area contributed by atoms with E-state index in [-0.39, 0.29) is 0 Å². The molecule has 0 N–H and O–H groups in total. The summed E-state index contributed by atoms with van der Waals surface area (Å²) in [5.41, 5.74) is 0.260. The summed E-state index contributed by atoms with van der Waals surface area (Å²) in [6.45, 7) is 0. The van der Waals surface area contributed by atoms with Crippen molar-refractivity contribution in [3.05, 3.63) is 24.0 Å². The average molecular weight is 347 g/mol. The molecule has 2 aliphatic rings. The second-order valence-electron chi connectivity index (χ2n) is 7.01. The lowest BCUT2D eigenvalue weighted by atomic mass is 9.74. The largest absolute Gasteiger partial charge is 0.468 e. The molecule has 136 valence electrons. The summed E-state index contributed by atoms with van der Waals surface area (Å²) in [5.74, 6) is -3.15. The van der Waals surface area contributed by atoms with Crippen LogP contribution in [0.2, 0.25) is 0 Å². The lowest BCUT2D eigenvalue weighted by Gasteiger charge is -2.40. The highest BCUT2D eigenvalue weighted by atomic mass is 16.5. The van der Waals surface area contributed by atoms with Gasteiger partial charge in [-0.2, -0.15) is 0 Å². The first-order valence-corrected chi connectivity index (χ1v) is 8.93. The second kappa shape index (κ2) is 7.02. The van der Waals surface area contributed by atoms with Crippen LogP contribution in [0.15, 0.2) is 18.3 Å². The standard InChI is InChI=1S/C19H25NO5/c1-24-17(22)15(18(23)25-2)16(21)19(10-4-3-5-11-19)20-12-6-7-14(20)13-8-9-13/h6-7,12-13,15H,3-5,8-11H2,1-2H3. The van der Waals surface area contributed by atoms with E-state index in [0.29, 0.717) is 18.8 Å². The summed E-state index contributed by atoms with van der Waals surface area (Å²) in [6.07, 6.45) is 8.25. The predicted octanol–water partition coefficient (Wildman–Crippen LogP) is 2.56. The summed E-state index contributed by atoms with van der Waals surface area (Å²) in [6, 6.07) is 4.00. The second-order valence-corrected chi connectivity index (χ2v) is 7.01. The van der Waals surface area contributed by atoms with Gasteiger partial charge in [-0.3, -0.25) is 14.4 Å². The number of carbonyl (C=O) groups excluding carboxylic acids is 3. The number of nitrogens with zero attached hydrogens (tertiary/aromatic N) is 1. The molecule has 0 radical (unpaired) electrons. The van der Waals surface area contributed by atoms with Crippen LogP contribution in [0.5, 0.6) is 0 Å². The third kappa shape index (κ3) is 3.10. The van der Waals surface area contributed by atoms with Crippen LogP contribution in [0.4, 0.5) is 0 Å². The van der Waals surface area contributed by atoms with Crippen molar-refractivity contribution in [3.63, 3.8) is 0 Å². The molecule has 2 saturated carbocycles. The topological polar surface area (TPSA) is 74.6 Å². The van der Waals surface area contributed by atoms with E-state index in [9.17, 15) is 14.4 Å². The van der Waals surface area contributed by atoms with Crippen LogP contribution in [-0.2, 0) is 29.4 Å². The smallest absolute Gasteiger partial charge is 0.327 e. The number of rotatable bonds is 6. The monoisotopic (exact) mass is 347 g/mol. The molecule has 1 heterocycles. The van der Waals surface area contributed by atoms with Crippen molar-refractivity contribution in [2.24, 2.45) is 5.92 Å². The fourth-order valence-corrected chi connectivity index (χ4v) is 4.05. The van der Waals surface area contributed by atoms with Crippen LogP contribution in [0.25, 0.3) is 0 Å². The molecule has 2 fully saturated rings. The molecule has 0 amide bonds. The SMILES string of the molecule is COC(=O)C(C(=O)OC)C(=O)C1(n2cccc2C2CC2)CCCCC1. The molecule has 0 aromatic carbocycles. The van der Waals surface area contributed by atoms with E-state index in [1.54, 1.807) is 0 Å². The summed E-state index contributed by atoms with van der Waals surface area (Å²) < 4.78 is 11.5. The zero-order valence-electron chi connectivity index (χ0n) is 14.8. The van der Waals surface area contributed by atoms with Crippen molar-refractivity contribution >= 4 is 17.7 Å². The number of aromatic nitrogens is 1. The van der Waals surface area contributed by atoms with Crippen molar-refractivity contribution in [3.8, 4) is 0 Å². The van der Waals surface area contributed by atoms with Gasteiger partial charge in [0.1, 0.15) is 5.54 Å². The highest BCUT2D eigenvalue weighted by molar-refractivity contribution is 6.17. The minimum absolute atomic E-state index is 0.399. The summed E-state index contributed by atoms with van der Waals surface area (Å²) >= 11 is 0. The first kappa shape index (κ1) is 17.7. The van der Waals surface area contributed by atoms with Gasteiger partial charge in [0.15, 0.2) is 5.78 Å². The van der Waals surface area contributed by atoms with Crippen LogP contribution in [0, 0.1) is 5.92 Å². The van der Waals surface area contributed by atoms with Gasteiger partial charge in [0, 0.05) is 11.9 Å². The molecule has 6 nitrogen and oxygen atoms in total. The first-order chi connectivity index (χ1) is 12.0. The normalized spacial score (nSPS) is 19.5. The van der Waals surface area contributed by atoms with Crippen molar-refractivity contribution in [2.75, 3.05) is 14.2 Å². The Hall–Kier alpha value is -2.11. The van der Waals surface area contributed by atoms with Crippen LogP contribution in [-0.4, -0.2) is 36.5 Å². The molecule has 25 heavy (non-hydrogen) atoms. The van der Waals surface area contributed by atoms with Gasteiger partial charge < -0.3 is 14.0 Å². The van der Waals surface area contributed by atoms with E-state index < -0.39 is 29.2 Å². The number of carbonyl (C=O) groups is 3. The molecule has 3 rings (SSSR count). The summed E-state index contributed by atoms with van der Waals surface area (Å²) in [7, 11) is 2.37. The van der Waals surface area contributed by atoms with Crippen LogP contribution in [0.1, 0.15) is 56.6 Å². The highest BCUT2D eigenvalue weighted by Gasteiger charge is 2.51. The number of Topliss-reactive ketones (excluding diaryl/α,β-unsaturated/α-hetero) is 1. The molecule has 1 aromatic heterocycles. The van der Waals surface area contributed by atoms with E-state index in [1.165, 1.54) is 14.2 Å². The Morgan fingerprint density at radius 2 is 1.68 bits per heavy atom. The molecule has 0 aliphatic heterocycles. The molecule has 0 bridgehead atoms. The van der Waals surface area contributed by atoms with Gasteiger partial charge in [-0.1, -0.05) is 19.3 Å². The molecular weight excluding hydrogens is 322 g/mol. The van der Waals surface area contributed by atoms with Crippen molar-refractivity contribution in [1.82, 2.24) is 4.57 Å². The zero-order valence-corrected chi connectivity index (χ0v) is 14.8. The van der Waals surface area contributed by atoms with Crippen LogP contribution >= 0.6 is 0 Å². The van der Waals surface area contributed by atoms with Gasteiger partial charge in [0.05, 0.1) is 14.2 Å².